The molecule has 0 atom stereocenters. The minimum absolute atomic E-state index is 0.114. The zero-order chi connectivity index (χ0) is 16.8. The van der Waals surface area contributed by atoms with Crippen molar-refractivity contribution in [3.8, 4) is 5.75 Å². The van der Waals surface area contributed by atoms with Gasteiger partial charge in [-0.3, -0.25) is 10.1 Å². The average Bonchev–Trinajstić information content (AvgIpc) is 3.02. The lowest BCUT2D eigenvalue weighted by atomic mass is 10.1. The van der Waals surface area contributed by atoms with Crippen LogP contribution in [0, 0.1) is 0 Å². The van der Waals surface area contributed by atoms with Gasteiger partial charge < -0.3 is 4.74 Å². The van der Waals surface area contributed by atoms with E-state index in [4.69, 9.17) is 16.3 Å². The maximum Gasteiger partial charge on any atom is 0.264 e. The van der Waals surface area contributed by atoms with Crippen LogP contribution in [0.15, 0.2) is 60.8 Å². The Kier molecular flexibility index (Phi) is 5.46. The topological polar surface area (TPSA) is 51.2 Å². The van der Waals surface area contributed by atoms with Crippen LogP contribution in [-0.2, 0) is 11.2 Å². The fourth-order valence-electron chi connectivity index (χ4n) is 2.10. The Morgan fingerprint density at radius 2 is 1.88 bits per heavy atom. The third kappa shape index (κ3) is 4.57. The molecule has 0 aliphatic heterocycles. The van der Waals surface area contributed by atoms with Gasteiger partial charge in [-0.15, -0.1) is 11.3 Å². The quantitative estimate of drug-likeness (QED) is 0.710. The highest BCUT2D eigenvalue weighted by Gasteiger charge is 2.09. The third-order valence-corrected chi connectivity index (χ3v) is 4.44. The number of rotatable bonds is 6. The molecule has 0 bridgehead atoms. The maximum atomic E-state index is 12.0. The molecular formula is C18H15ClN2O2S. The van der Waals surface area contributed by atoms with Gasteiger partial charge in [-0.1, -0.05) is 54.1 Å². The van der Waals surface area contributed by atoms with Gasteiger partial charge in [0.05, 0.1) is 5.02 Å². The molecule has 2 aromatic carbocycles. The molecule has 1 N–H and O–H groups in total. The summed E-state index contributed by atoms with van der Waals surface area (Å²) in [5.41, 5.74) is 1.21. The highest BCUT2D eigenvalue weighted by molar-refractivity contribution is 7.15. The largest absolute Gasteiger partial charge is 0.482 e. The van der Waals surface area contributed by atoms with Crippen LogP contribution in [0.3, 0.4) is 0 Å². The van der Waals surface area contributed by atoms with Gasteiger partial charge in [0.1, 0.15) is 5.75 Å². The van der Waals surface area contributed by atoms with Crippen molar-refractivity contribution in [3.05, 3.63) is 76.3 Å². The standard InChI is InChI=1S/C18H15ClN2O2S/c19-15-8-4-5-9-16(15)23-12-17(22)21-18-20-11-14(24-18)10-13-6-2-1-3-7-13/h1-9,11H,10,12H2,(H,20,21,22). The monoisotopic (exact) mass is 358 g/mol. The Labute approximate surface area is 149 Å². The van der Waals surface area contributed by atoms with Crippen LogP contribution in [0.25, 0.3) is 0 Å². The molecule has 122 valence electrons. The fourth-order valence-corrected chi connectivity index (χ4v) is 3.16. The van der Waals surface area contributed by atoms with Crippen LogP contribution in [-0.4, -0.2) is 17.5 Å². The van der Waals surface area contributed by atoms with E-state index in [1.54, 1.807) is 30.5 Å². The van der Waals surface area contributed by atoms with E-state index < -0.39 is 0 Å². The molecule has 0 saturated heterocycles. The van der Waals surface area contributed by atoms with Gasteiger partial charge in [0.15, 0.2) is 11.7 Å². The minimum Gasteiger partial charge on any atom is -0.482 e. The summed E-state index contributed by atoms with van der Waals surface area (Å²) in [5, 5.41) is 3.78. The number of aromatic nitrogens is 1. The fraction of sp³-hybridized carbons (Fsp3) is 0.111. The summed E-state index contributed by atoms with van der Waals surface area (Å²) in [7, 11) is 0. The second kappa shape index (κ2) is 7.95. The van der Waals surface area contributed by atoms with E-state index in [1.165, 1.54) is 16.9 Å². The van der Waals surface area contributed by atoms with Crippen molar-refractivity contribution in [3.63, 3.8) is 0 Å². The van der Waals surface area contributed by atoms with Crippen molar-refractivity contribution in [2.24, 2.45) is 0 Å². The average molecular weight is 359 g/mol. The maximum absolute atomic E-state index is 12.0. The Morgan fingerprint density at radius 1 is 1.12 bits per heavy atom. The molecule has 0 fully saturated rings. The summed E-state index contributed by atoms with van der Waals surface area (Å²) in [6.07, 6.45) is 2.58. The number of thiazole rings is 1. The Morgan fingerprint density at radius 3 is 2.67 bits per heavy atom. The van der Waals surface area contributed by atoms with Gasteiger partial charge >= 0.3 is 0 Å². The number of carbonyl (C=O) groups excluding carboxylic acids is 1. The zero-order valence-corrected chi connectivity index (χ0v) is 14.3. The number of carbonyl (C=O) groups is 1. The summed E-state index contributed by atoms with van der Waals surface area (Å²) in [6.45, 7) is -0.114. The second-order valence-corrected chi connectivity index (χ2v) is 6.58. The predicted octanol–water partition coefficient (Wildman–Crippen LogP) is 4.40. The van der Waals surface area contributed by atoms with Crippen LogP contribution < -0.4 is 10.1 Å². The summed E-state index contributed by atoms with van der Waals surface area (Å²) in [4.78, 5) is 17.3. The molecule has 3 rings (SSSR count). The van der Waals surface area contributed by atoms with Crippen LogP contribution in [0.4, 0.5) is 5.13 Å². The van der Waals surface area contributed by atoms with Crippen molar-refractivity contribution in [1.29, 1.82) is 0 Å². The minimum atomic E-state index is -0.268. The summed E-state index contributed by atoms with van der Waals surface area (Å²) in [6, 6.07) is 17.2. The first-order chi connectivity index (χ1) is 11.7. The Hall–Kier alpha value is -2.37. The number of nitrogens with one attached hydrogen (secondary N) is 1. The molecule has 0 saturated carbocycles. The number of hydrogen-bond donors (Lipinski definition) is 1. The lowest BCUT2D eigenvalue weighted by Gasteiger charge is -2.06. The highest BCUT2D eigenvalue weighted by atomic mass is 35.5. The SMILES string of the molecule is O=C(COc1ccccc1Cl)Nc1ncc(Cc2ccccc2)s1. The number of ether oxygens (including phenoxy) is 1. The van der Waals surface area contributed by atoms with Crippen molar-refractivity contribution < 1.29 is 9.53 Å². The molecule has 0 unspecified atom stereocenters. The van der Waals surface area contributed by atoms with Gasteiger partial charge in [0.2, 0.25) is 0 Å². The number of hydrogen-bond acceptors (Lipinski definition) is 4. The number of halogens is 1. The van der Waals surface area contributed by atoms with Gasteiger partial charge in [-0.25, -0.2) is 4.98 Å². The number of anilines is 1. The molecule has 0 aliphatic rings. The number of benzene rings is 2. The molecule has 3 aromatic rings. The first-order valence-electron chi connectivity index (χ1n) is 7.36. The van der Waals surface area contributed by atoms with Crippen molar-refractivity contribution in [1.82, 2.24) is 4.98 Å². The zero-order valence-electron chi connectivity index (χ0n) is 12.7. The molecular weight excluding hydrogens is 344 g/mol. The van der Waals surface area contributed by atoms with Crippen molar-refractivity contribution in [2.45, 2.75) is 6.42 Å². The van der Waals surface area contributed by atoms with Crippen molar-refractivity contribution in [2.75, 3.05) is 11.9 Å². The molecule has 4 nitrogen and oxygen atoms in total. The smallest absolute Gasteiger partial charge is 0.264 e. The van der Waals surface area contributed by atoms with E-state index in [9.17, 15) is 4.79 Å². The molecule has 6 heteroatoms. The predicted molar refractivity (Wildman–Crippen MR) is 96.9 cm³/mol. The first kappa shape index (κ1) is 16.5. The van der Waals surface area contributed by atoms with Crippen LogP contribution in [0.1, 0.15) is 10.4 Å². The summed E-state index contributed by atoms with van der Waals surface area (Å²) in [5.74, 6) is 0.216. The Bertz CT molecular complexity index is 821. The van der Waals surface area contributed by atoms with Crippen LogP contribution >= 0.6 is 22.9 Å². The molecule has 0 spiro atoms. The lowest BCUT2D eigenvalue weighted by molar-refractivity contribution is -0.118. The normalized spacial score (nSPS) is 10.4. The van der Waals surface area contributed by atoms with Gasteiger partial charge in [-0.2, -0.15) is 0 Å². The van der Waals surface area contributed by atoms with Crippen LogP contribution in [0.5, 0.6) is 5.75 Å². The molecule has 1 amide bonds. The van der Waals surface area contributed by atoms with E-state index in [0.29, 0.717) is 15.9 Å². The van der Waals surface area contributed by atoms with Gasteiger partial charge in [0, 0.05) is 17.5 Å². The number of para-hydroxylation sites is 1. The summed E-state index contributed by atoms with van der Waals surface area (Å²) >= 11 is 7.44. The molecule has 1 heterocycles. The number of amides is 1. The highest BCUT2D eigenvalue weighted by Crippen LogP contribution is 2.23. The van der Waals surface area contributed by atoms with E-state index in [1.807, 2.05) is 18.2 Å². The second-order valence-electron chi connectivity index (χ2n) is 5.06. The number of nitrogens with zero attached hydrogens (tertiary/aromatic N) is 1. The molecule has 0 radical (unpaired) electrons. The summed E-state index contributed by atoms with van der Waals surface area (Å²) < 4.78 is 5.41. The van der Waals surface area contributed by atoms with Crippen molar-refractivity contribution >= 4 is 34.0 Å². The van der Waals surface area contributed by atoms with E-state index in [-0.39, 0.29) is 12.5 Å². The first-order valence-corrected chi connectivity index (χ1v) is 8.56. The van der Waals surface area contributed by atoms with E-state index in [0.717, 1.165) is 11.3 Å². The van der Waals surface area contributed by atoms with Gasteiger partial charge in [-0.05, 0) is 17.7 Å². The van der Waals surface area contributed by atoms with Gasteiger partial charge in [0.25, 0.3) is 5.91 Å². The Balaban J connectivity index is 1.53. The molecule has 1 aromatic heterocycles. The third-order valence-electron chi connectivity index (χ3n) is 3.22. The van der Waals surface area contributed by atoms with E-state index >= 15 is 0 Å². The van der Waals surface area contributed by atoms with E-state index in [2.05, 4.69) is 22.4 Å². The lowest BCUT2D eigenvalue weighted by Crippen LogP contribution is -2.20. The molecule has 0 aliphatic carbocycles. The van der Waals surface area contributed by atoms with Crippen LogP contribution in [0.2, 0.25) is 5.02 Å². The molecule has 24 heavy (non-hydrogen) atoms.